The van der Waals surface area contributed by atoms with Gasteiger partial charge in [-0.05, 0) is 75.7 Å². The van der Waals surface area contributed by atoms with E-state index in [0.29, 0.717) is 22.7 Å². The quantitative estimate of drug-likeness (QED) is 0.362. The first-order valence-corrected chi connectivity index (χ1v) is 14.2. The fraction of sp³-hybridized carbons (Fsp3) is 0.633. The average molecular weight is 590 g/mol. The third-order valence-corrected chi connectivity index (χ3v) is 9.27. The summed E-state index contributed by atoms with van der Waals surface area (Å²) in [6.45, 7) is 10.9. The number of benzene rings is 1. The Labute approximate surface area is 245 Å². The zero-order valence-corrected chi connectivity index (χ0v) is 25.4. The van der Waals surface area contributed by atoms with Gasteiger partial charge in [0, 0.05) is 23.0 Å². The summed E-state index contributed by atoms with van der Waals surface area (Å²) in [5.41, 5.74) is 3.29. The van der Waals surface area contributed by atoms with Crippen molar-refractivity contribution in [3.8, 4) is 5.75 Å². The van der Waals surface area contributed by atoms with Crippen molar-refractivity contribution >= 4 is 40.6 Å². The molecule has 11 heteroatoms. The number of primary amides is 1. The maximum Gasteiger partial charge on any atom is 0.235 e. The summed E-state index contributed by atoms with van der Waals surface area (Å²) in [5.74, 6) is -10.8. The lowest BCUT2D eigenvalue weighted by molar-refractivity contribution is -0.181. The van der Waals surface area contributed by atoms with Crippen LogP contribution in [0.4, 0.5) is 0 Å². The Hall–Kier alpha value is -2.66. The van der Waals surface area contributed by atoms with Crippen molar-refractivity contribution in [1.29, 1.82) is 0 Å². The van der Waals surface area contributed by atoms with Crippen LogP contribution in [0.25, 0.3) is 0 Å². The number of nitrogens with one attached hydrogen (secondary N) is 1. The van der Waals surface area contributed by atoms with Crippen LogP contribution in [0.2, 0.25) is 5.02 Å². The van der Waals surface area contributed by atoms with Crippen LogP contribution in [0.3, 0.4) is 0 Å². The summed E-state index contributed by atoms with van der Waals surface area (Å²) in [6.07, 6.45) is 0.962. The van der Waals surface area contributed by atoms with E-state index in [1.807, 2.05) is 0 Å². The fourth-order valence-corrected chi connectivity index (χ4v) is 7.85. The Morgan fingerprint density at radius 1 is 1.15 bits per heavy atom. The molecule has 3 aliphatic carbocycles. The van der Waals surface area contributed by atoms with Crippen molar-refractivity contribution in [2.75, 3.05) is 14.1 Å². The van der Waals surface area contributed by atoms with Gasteiger partial charge < -0.3 is 21.3 Å². The second-order valence-electron chi connectivity index (χ2n) is 14.0. The fourth-order valence-electron chi connectivity index (χ4n) is 7.56. The molecule has 0 heterocycles. The van der Waals surface area contributed by atoms with E-state index in [4.69, 9.17) is 17.3 Å². The first-order valence-electron chi connectivity index (χ1n) is 13.9. The van der Waals surface area contributed by atoms with Gasteiger partial charge in [-0.15, -0.1) is 0 Å². The molecule has 2 saturated carbocycles. The van der Waals surface area contributed by atoms with E-state index in [9.17, 15) is 34.2 Å². The molecular weight excluding hydrogens is 550 g/mol. The summed E-state index contributed by atoms with van der Waals surface area (Å²) in [7, 11) is 3.09. The second-order valence-corrected chi connectivity index (χ2v) is 14.4. The van der Waals surface area contributed by atoms with Crippen molar-refractivity contribution in [2.45, 2.75) is 77.6 Å². The van der Waals surface area contributed by atoms with Gasteiger partial charge in [0.05, 0.1) is 17.5 Å². The number of carbonyl (C=O) groups is 5. The maximum atomic E-state index is 13.9. The molecule has 2 fully saturated rings. The highest BCUT2D eigenvalue weighted by molar-refractivity contribution is 6.34. The van der Waals surface area contributed by atoms with Gasteiger partial charge in [0.1, 0.15) is 5.75 Å². The molecule has 0 aromatic heterocycles. The molecule has 1 aromatic carbocycles. The lowest BCUT2D eigenvalue weighted by Crippen LogP contribution is -2.74. The highest BCUT2D eigenvalue weighted by atomic mass is 35.5. The van der Waals surface area contributed by atoms with Crippen molar-refractivity contribution < 1.29 is 34.2 Å². The number of likely N-dealkylation sites (N-methyl/N-ethyl adjacent to an activating group) is 1. The second kappa shape index (κ2) is 10.3. The minimum absolute atomic E-state index is 0.0257. The van der Waals surface area contributed by atoms with Crippen molar-refractivity contribution in [3.05, 3.63) is 27.8 Å². The number of amides is 1. The lowest BCUT2D eigenvalue weighted by Gasteiger charge is -2.52. The number of hydrogen-bond donors (Lipinski definition) is 4. The van der Waals surface area contributed by atoms with Gasteiger partial charge in [0.25, 0.3) is 0 Å². The summed E-state index contributed by atoms with van der Waals surface area (Å²) in [6, 6.07) is 0.251. The molecule has 0 bridgehead atoms. The summed E-state index contributed by atoms with van der Waals surface area (Å²) in [4.78, 5) is 67.8. The van der Waals surface area contributed by atoms with Crippen LogP contribution >= 0.6 is 11.6 Å². The molecule has 3 aliphatic rings. The number of phenolic OH excluding ortho intramolecular Hbond substituents is 1. The number of Topliss-reactive ketones (excluding diaryl/α,β-unsaturated/α-hetero) is 4. The number of halogens is 1. The van der Waals surface area contributed by atoms with E-state index in [1.165, 1.54) is 11.0 Å². The molecular formula is C30H40ClN3O7. The Balaban J connectivity index is 1.74. The number of rotatable bonds is 6. The number of nitrogens with zero attached hydrogens (tertiary/aromatic N) is 1. The van der Waals surface area contributed by atoms with Gasteiger partial charge in [-0.1, -0.05) is 32.4 Å². The number of nitrogens with two attached hydrogens (primary N) is 1. The highest BCUT2D eigenvalue weighted by Gasteiger charge is 2.69. The van der Waals surface area contributed by atoms with Crippen LogP contribution in [0.5, 0.6) is 5.75 Å². The summed E-state index contributed by atoms with van der Waals surface area (Å²) < 4.78 is 0. The lowest BCUT2D eigenvalue weighted by atomic mass is 9.52. The monoisotopic (exact) mass is 589 g/mol. The minimum atomic E-state index is -2.75. The first kappa shape index (κ1) is 31.3. The average Bonchev–Trinajstić information content (AvgIpc) is 2.80. The third kappa shape index (κ3) is 5.13. The Bertz CT molecular complexity index is 1350. The van der Waals surface area contributed by atoms with Gasteiger partial charge in [-0.3, -0.25) is 28.9 Å². The summed E-state index contributed by atoms with van der Waals surface area (Å²) in [5, 5.41) is 26.4. The van der Waals surface area contributed by atoms with Crippen molar-refractivity contribution in [1.82, 2.24) is 10.2 Å². The molecule has 1 aromatic rings. The van der Waals surface area contributed by atoms with Gasteiger partial charge in [0.15, 0.2) is 34.7 Å². The Morgan fingerprint density at radius 2 is 1.76 bits per heavy atom. The van der Waals surface area contributed by atoms with E-state index in [-0.39, 0.29) is 35.1 Å². The van der Waals surface area contributed by atoms with Gasteiger partial charge in [0.2, 0.25) is 5.91 Å². The number of phenols is 1. The number of aromatic hydroxyl groups is 1. The molecule has 5 N–H and O–H groups in total. The zero-order valence-electron chi connectivity index (χ0n) is 24.6. The Morgan fingerprint density at radius 3 is 2.29 bits per heavy atom. The molecule has 0 aliphatic heterocycles. The third-order valence-electron chi connectivity index (χ3n) is 8.80. The molecule has 6 atom stereocenters. The molecule has 10 nitrogen and oxygen atoms in total. The normalized spacial score (nSPS) is 30.2. The van der Waals surface area contributed by atoms with Crippen LogP contribution in [-0.4, -0.2) is 75.4 Å². The Kier molecular flexibility index (Phi) is 7.82. The van der Waals surface area contributed by atoms with Crippen LogP contribution in [0.1, 0.15) is 68.9 Å². The topological polar surface area (TPSA) is 167 Å². The standard InChI is InChI=1S/C30H40ClN3O7/c1-28(2,3)12-29(4,5)33-11-14-10-17(35)19-15(21(14)31)8-13-9-16-22(34(6)7)24(37)20(27(32)40)26(39)30(16,41)25(38)18(13)23(19)36/h10,13,16,18,20,22,33,35,41H,8-9,11-12H2,1-7H3,(H2,32,40)/t13-,16-,18?,20?,22-,30-/m0/s1. The molecule has 0 radical (unpaired) electrons. The predicted octanol–water partition coefficient (Wildman–Crippen LogP) is 1.82. The van der Waals surface area contributed by atoms with Gasteiger partial charge in [-0.2, -0.15) is 0 Å². The number of carbonyl (C=O) groups excluding carboxylic acids is 5. The van der Waals surface area contributed by atoms with E-state index in [1.54, 1.807) is 14.1 Å². The molecule has 2 unspecified atom stereocenters. The number of hydrogen-bond acceptors (Lipinski definition) is 9. The van der Waals surface area contributed by atoms with Crippen molar-refractivity contribution in [2.24, 2.45) is 34.8 Å². The van der Waals surface area contributed by atoms with E-state index < -0.39 is 64.4 Å². The number of aliphatic hydroxyl groups is 1. The zero-order chi connectivity index (χ0) is 31.0. The maximum absolute atomic E-state index is 13.9. The largest absolute Gasteiger partial charge is 0.507 e. The molecule has 4 rings (SSSR count). The van der Waals surface area contributed by atoms with Gasteiger partial charge >= 0.3 is 0 Å². The first-order chi connectivity index (χ1) is 18.7. The number of fused-ring (bicyclic) bond motifs is 3. The van der Waals surface area contributed by atoms with Crippen LogP contribution in [0.15, 0.2) is 6.07 Å². The van der Waals surface area contributed by atoms with Crippen LogP contribution in [-0.2, 0) is 32.1 Å². The van der Waals surface area contributed by atoms with E-state index in [2.05, 4.69) is 39.9 Å². The minimum Gasteiger partial charge on any atom is -0.507 e. The van der Waals surface area contributed by atoms with Gasteiger partial charge in [-0.25, -0.2) is 0 Å². The van der Waals surface area contributed by atoms with E-state index >= 15 is 0 Å². The molecule has 224 valence electrons. The molecule has 1 amide bonds. The predicted molar refractivity (Wildman–Crippen MR) is 151 cm³/mol. The highest BCUT2D eigenvalue weighted by Crippen LogP contribution is 2.51. The number of ketones is 4. The van der Waals surface area contributed by atoms with Crippen LogP contribution in [0, 0.1) is 29.1 Å². The van der Waals surface area contributed by atoms with Crippen LogP contribution < -0.4 is 11.1 Å². The molecule has 0 saturated heterocycles. The van der Waals surface area contributed by atoms with E-state index in [0.717, 1.165) is 6.42 Å². The SMILES string of the molecule is CN(C)[C@@H]1C(=O)C(C(N)=O)C(=O)[C@@]2(O)C(=O)C3C(=O)c4c(O)cc(CNC(C)(C)CC(C)(C)C)c(Cl)c4C[C@H]3C[C@@H]12. The molecule has 41 heavy (non-hydrogen) atoms. The molecule has 0 spiro atoms. The smallest absolute Gasteiger partial charge is 0.235 e. The summed E-state index contributed by atoms with van der Waals surface area (Å²) >= 11 is 6.83. The van der Waals surface area contributed by atoms with Crippen molar-refractivity contribution in [3.63, 3.8) is 0 Å².